The van der Waals surface area contributed by atoms with Crippen LogP contribution < -0.4 is 0 Å². The minimum Gasteiger partial charge on any atom is -0.278 e. The van der Waals surface area contributed by atoms with Crippen molar-refractivity contribution in [3.63, 3.8) is 0 Å². The van der Waals surface area contributed by atoms with Crippen molar-refractivity contribution in [3.8, 4) is 5.69 Å². The summed E-state index contributed by atoms with van der Waals surface area (Å²) in [7, 11) is 0. The van der Waals surface area contributed by atoms with Crippen LogP contribution in [0.4, 0.5) is 0 Å². The number of thiophene rings is 1. The van der Waals surface area contributed by atoms with Gasteiger partial charge in [0.2, 0.25) is 5.78 Å². The maximum absolute atomic E-state index is 4.98. The summed E-state index contributed by atoms with van der Waals surface area (Å²) in [6.07, 6.45) is 1.86. The van der Waals surface area contributed by atoms with Crippen LogP contribution in [0, 0.1) is 0 Å². The Hall–Kier alpha value is -3.22. The Labute approximate surface area is 183 Å². The summed E-state index contributed by atoms with van der Waals surface area (Å²) in [5.74, 6) is 0.926. The van der Waals surface area contributed by atoms with Crippen LogP contribution in [0.2, 0.25) is 0 Å². The van der Waals surface area contributed by atoms with Gasteiger partial charge in [0.25, 0.3) is 0 Å². The molecule has 0 aliphatic heterocycles. The van der Waals surface area contributed by atoms with Crippen LogP contribution in [-0.4, -0.2) is 18.9 Å². The minimum atomic E-state index is 0.926. The molecule has 0 saturated carbocycles. The summed E-state index contributed by atoms with van der Waals surface area (Å²) >= 11 is 5.29. The number of benzene rings is 3. The molecule has 0 spiro atoms. The monoisotopic (exact) mass is 468 g/mol. The molecule has 6 heteroatoms. The quantitative estimate of drug-likeness (QED) is 0.261. The van der Waals surface area contributed by atoms with E-state index in [9.17, 15) is 0 Å². The minimum absolute atomic E-state index is 0.926. The number of rotatable bonds is 1. The van der Waals surface area contributed by atoms with E-state index in [2.05, 4.69) is 96.6 Å². The first-order valence-electron chi connectivity index (χ1n) is 9.63. The first kappa shape index (κ1) is 16.6. The highest BCUT2D eigenvalue weighted by molar-refractivity contribution is 9.10. The molecule has 3 aromatic carbocycles. The molecule has 0 fully saturated rings. The molecule has 4 heterocycles. The number of pyridine rings is 1. The lowest BCUT2D eigenvalue weighted by Gasteiger charge is -2.06. The Kier molecular flexibility index (Phi) is 3.26. The van der Waals surface area contributed by atoms with Gasteiger partial charge in [-0.3, -0.25) is 8.97 Å². The standard InChI is InChI=1S/C24H13BrN4S/c25-14-11-17-16-12-15(9-10-22(16)30-23(17)26-13-14)28-20-7-3-4-8-21(20)29-19-6-2-1-5-18(19)27-24(28)29/h1-13H. The van der Waals surface area contributed by atoms with Gasteiger partial charge in [-0.15, -0.1) is 11.3 Å². The molecule has 7 rings (SSSR count). The van der Waals surface area contributed by atoms with Crippen LogP contribution in [0.5, 0.6) is 0 Å². The van der Waals surface area contributed by atoms with E-state index in [0.717, 1.165) is 42.8 Å². The fraction of sp³-hybridized carbons (Fsp3) is 0. The van der Waals surface area contributed by atoms with Gasteiger partial charge >= 0.3 is 0 Å². The lowest BCUT2D eigenvalue weighted by Crippen LogP contribution is -1.94. The van der Waals surface area contributed by atoms with E-state index < -0.39 is 0 Å². The highest BCUT2D eigenvalue weighted by atomic mass is 79.9. The number of nitrogens with zero attached hydrogens (tertiary/aromatic N) is 4. The number of fused-ring (bicyclic) bond motifs is 8. The molecule has 4 aromatic heterocycles. The van der Waals surface area contributed by atoms with Crippen molar-refractivity contribution >= 4 is 75.4 Å². The largest absolute Gasteiger partial charge is 0.278 e. The molecule has 7 aromatic rings. The average Bonchev–Trinajstić information content (AvgIpc) is 3.41. The van der Waals surface area contributed by atoms with Crippen molar-refractivity contribution in [2.24, 2.45) is 0 Å². The first-order valence-corrected chi connectivity index (χ1v) is 11.2. The maximum Gasteiger partial charge on any atom is 0.220 e. The van der Waals surface area contributed by atoms with Crippen LogP contribution in [-0.2, 0) is 0 Å². The highest BCUT2D eigenvalue weighted by Gasteiger charge is 2.17. The molecule has 0 aliphatic carbocycles. The van der Waals surface area contributed by atoms with E-state index in [1.807, 2.05) is 12.3 Å². The zero-order valence-corrected chi connectivity index (χ0v) is 18.0. The van der Waals surface area contributed by atoms with Crippen molar-refractivity contribution in [3.05, 3.63) is 83.5 Å². The summed E-state index contributed by atoms with van der Waals surface area (Å²) in [5, 5.41) is 2.39. The lowest BCUT2D eigenvalue weighted by atomic mass is 10.2. The van der Waals surface area contributed by atoms with Gasteiger partial charge in [-0.1, -0.05) is 24.3 Å². The predicted octanol–water partition coefficient (Wildman–Crippen LogP) is 6.96. The molecule has 142 valence electrons. The fourth-order valence-electron chi connectivity index (χ4n) is 4.37. The summed E-state index contributed by atoms with van der Waals surface area (Å²) in [6, 6.07) is 25.6. The SMILES string of the molecule is Brc1cnc2sc3ccc(-n4c5ccccc5n5c6ccccc6nc45)cc3c2c1. The van der Waals surface area contributed by atoms with E-state index in [0.29, 0.717) is 0 Å². The van der Waals surface area contributed by atoms with E-state index in [1.165, 1.54) is 15.5 Å². The smallest absolute Gasteiger partial charge is 0.220 e. The van der Waals surface area contributed by atoms with Crippen LogP contribution in [0.3, 0.4) is 0 Å². The number of aromatic nitrogens is 4. The van der Waals surface area contributed by atoms with Crippen LogP contribution >= 0.6 is 27.3 Å². The van der Waals surface area contributed by atoms with E-state index in [4.69, 9.17) is 4.98 Å². The second-order valence-electron chi connectivity index (χ2n) is 7.35. The van der Waals surface area contributed by atoms with Gasteiger partial charge in [0.15, 0.2) is 0 Å². The molecule has 0 N–H and O–H groups in total. The number of para-hydroxylation sites is 4. The van der Waals surface area contributed by atoms with Gasteiger partial charge in [-0.2, -0.15) is 0 Å². The second kappa shape index (κ2) is 5.90. The van der Waals surface area contributed by atoms with E-state index in [1.54, 1.807) is 11.3 Å². The Morgan fingerprint density at radius 2 is 1.60 bits per heavy atom. The van der Waals surface area contributed by atoms with Crippen LogP contribution in [0.25, 0.3) is 53.8 Å². The molecule has 4 nitrogen and oxygen atoms in total. The number of hydrogen-bond donors (Lipinski definition) is 0. The molecule has 0 aliphatic rings. The van der Waals surface area contributed by atoms with Crippen molar-refractivity contribution in [1.82, 2.24) is 18.9 Å². The summed E-state index contributed by atoms with van der Waals surface area (Å²) in [5.41, 5.74) is 5.52. The molecule has 0 bridgehead atoms. The van der Waals surface area contributed by atoms with Gasteiger partial charge in [0, 0.05) is 31.8 Å². The molecular weight excluding hydrogens is 456 g/mol. The van der Waals surface area contributed by atoms with Gasteiger partial charge in [-0.05, 0) is 64.5 Å². The Balaban J connectivity index is 1.63. The normalized spacial score (nSPS) is 12.2. The molecule has 30 heavy (non-hydrogen) atoms. The zero-order valence-electron chi connectivity index (χ0n) is 15.6. The van der Waals surface area contributed by atoms with Gasteiger partial charge in [0.1, 0.15) is 4.83 Å². The lowest BCUT2D eigenvalue weighted by molar-refractivity contribution is 1.11. The predicted molar refractivity (Wildman–Crippen MR) is 128 cm³/mol. The third-order valence-electron chi connectivity index (χ3n) is 5.64. The van der Waals surface area contributed by atoms with Crippen molar-refractivity contribution in [2.45, 2.75) is 0 Å². The molecule has 0 saturated heterocycles. The third-order valence-corrected chi connectivity index (χ3v) is 7.17. The van der Waals surface area contributed by atoms with Crippen LogP contribution in [0.15, 0.2) is 83.5 Å². The van der Waals surface area contributed by atoms with Crippen LogP contribution in [0.1, 0.15) is 0 Å². The molecular formula is C24H13BrN4S. The summed E-state index contributed by atoms with van der Waals surface area (Å²) < 4.78 is 6.73. The van der Waals surface area contributed by atoms with E-state index >= 15 is 0 Å². The number of halogens is 1. The van der Waals surface area contributed by atoms with E-state index in [-0.39, 0.29) is 0 Å². The Bertz CT molecular complexity index is 1770. The van der Waals surface area contributed by atoms with Crippen molar-refractivity contribution < 1.29 is 0 Å². The molecule has 0 atom stereocenters. The van der Waals surface area contributed by atoms with Gasteiger partial charge in [0.05, 0.1) is 22.1 Å². The van der Waals surface area contributed by atoms with Crippen molar-refractivity contribution in [2.75, 3.05) is 0 Å². The maximum atomic E-state index is 4.98. The van der Waals surface area contributed by atoms with Crippen molar-refractivity contribution in [1.29, 1.82) is 0 Å². The topological polar surface area (TPSA) is 35.1 Å². The summed E-state index contributed by atoms with van der Waals surface area (Å²) in [6.45, 7) is 0. The zero-order chi connectivity index (χ0) is 19.8. The Morgan fingerprint density at radius 3 is 2.50 bits per heavy atom. The third kappa shape index (κ3) is 2.15. The van der Waals surface area contributed by atoms with Gasteiger partial charge in [-0.25, -0.2) is 9.97 Å². The second-order valence-corrected chi connectivity index (χ2v) is 9.30. The first-order chi connectivity index (χ1) is 14.8. The molecule has 0 unspecified atom stereocenters. The van der Waals surface area contributed by atoms with Gasteiger partial charge < -0.3 is 0 Å². The average molecular weight is 469 g/mol. The molecule has 0 amide bonds. The summed E-state index contributed by atoms with van der Waals surface area (Å²) in [4.78, 5) is 10.6. The highest BCUT2D eigenvalue weighted by Crippen LogP contribution is 2.36. The number of imidazole rings is 2. The molecule has 0 radical (unpaired) electrons. The number of hydrogen-bond acceptors (Lipinski definition) is 3. The Morgan fingerprint density at radius 1 is 0.800 bits per heavy atom. The fourth-order valence-corrected chi connectivity index (χ4v) is 5.71.